The van der Waals surface area contributed by atoms with Crippen LogP contribution in [0.15, 0.2) is 47.1 Å². The van der Waals surface area contributed by atoms with Gasteiger partial charge >= 0.3 is 0 Å². The molecule has 1 nitrogen and oxygen atoms in total. The van der Waals surface area contributed by atoms with Crippen molar-refractivity contribution in [2.75, 3.05) is 0 Å². The zero-order chi connectivity index (χ0) is 10.8. The van der Waals surface area contributed by atoms with Gasteiger partial charge in [-0.25, -0.2) is 0 Å². The van der Waals surface area contributed by atoms with Crippen molar-refractivity contribution in [3.8, 4) is 0 Å². The van der Waals surface area contributed by atoms with Crippen LogP contribution in [0.1, 0.15) is 26.7 Å². The predicted octanol–water partition coefficient (Wildman–Crippen LogP) is 3.15. The van der Waals surface area contributed by atoms with Gasteiger partial charge in [-0.2, -0.15) is 0 Å². The van der Waals surface area contributed by atoms with E-state index >= 15 is 0 Å². The first kappa shape index (κ1) is 10.4. The molecule has 0 saturated heterocycles. The maximum Gasteiger partial charge on any atom is 0.0810 e. The lowest BCUT2D eigenvalue weighted by Crippen LogP contribution is -2.20. The Morgan fingerprint density at radius 2 is 2.07 bits per heavy atom. The second kappa shape index (κ2) is 4.19. The fourth-order valence-corrected chi connectivity index (χ4v) is 2.17. The van der Waals surface area contributed by atoms with Crippen LogP contribution in [0.4, 0.5) is 0 Å². The van der Waals surface area contributed by atoms with Crippen molar-refractivity contribution in [2.24, 2.45) is 5.92 Å². The number of aliphatic hydroxyl groups is 1. The van der Waals surface area contributed by atoms with Crippen LogP contribution in [0, 0.1) is 5.92 Å². The van der Waals surface area contributed by atoms with Crippen molar-refractivity contribution < 1.29 is 5.11 Å². The summed E-state index contributed by atoms with van der Waals surface area (Å²) in [6.07, 6.45) is 12.9. The molecule has 0 heterocycles. The highest BCUT2D eigenvalue weighted by atomic mass is 16.3. The minimum Gasteiger partial charge on any atom is -0.388 e. The van der Waals surface area contributed by atoms with Gasteiger partial charge in [0.25, 0.3) is 0 Å². The first-order chi connectivity index (χ1) is 7.18. The van der Waals surface area contributed by atoms with Crippen molar-refractivity contribution in [3.63, 3.8) is 0 Å². The third kappa shape index (κ3) is 2.13. The molecule has 0 saturated carbocycles. The van der Waals surface area contributed by atoms with Gasteiger partial charge in [-0.3, -0.25) is 0 Å². The molecular formula is C14H18O. The molecule has 0 fully saturated rings. The highest BCUT2D eigenvalue weighted by Gasteiger charge is 2.19. The molecule has 0 amide bonds. The van der Waals surface area contributed by atoms with Gasteiger partial charge in [-0.15, -0.1) is 0 Å². The second-order valence-electron chi connectivity index (χ2n) is 4.45. The topological polar surface area (TPSA) is 20.2 Å². The maximum atomic E-state index is 9.81. The van der Waals surface area contributed by atoms with Gasteiger partial charge in [0, 0.05) is 5.92 Å². The highest BCUT2D eigenvalue weighted by Crippen LogP contribution is 2.28. The van der Waals surface area contributed by atoms with E-state index in [4.69, 9.17) is 0 Å². The van der Waals surface area contributed by atoms with E-state index in [1.807, 2.05) is 6.92 Å². The molecule has 0 radical (unpaired) electrons. The molecule has 1 N–H and O–H groups in total. The zero-order valence-electron chi connectivity index (χ0n) is 9.40. The quantitative estimate of drug-likeness (QED) is 0.692. The van der Waals surface area contributed by atoms with E-state index in [-0.39, 0.29) is 12.0 Å². The Bertz CT molecular complexity index is 369. The molecule has 15 heavy (non-hydrogen) atoms. The summed E-state index contributed by atoms with van der Waals surface area (Å²) >= 11 is 0. The smallest absolute Gasteiger partial charge is 0.0810 e. The van der Waals surface area contributed by atoms with E-state index in [1.165, 1.54) is 11.1 Å². The third-order valence-electron chi connectivity index (χ3n) is 3.12. The minimum absolute atomic E-state index is 0.223. The van der Waals surface area contributed by atoms with E-state index < -0.39 is 0 Å². The molecule has 0 aliphatic heterocycles. The standard InChI is InChI=1S/C14H18O/c1-10-8-13(9-11(2)14(10)15)12-6-4-3-5-7-12/h4,6-10,14-15H,3,5H2,1-2H3. The molecule has 2 rings (SSSR count). The van der Waals surface area contributed by atoms with Gasteiger partial charge in [0.2, 0.25) is 0 Å². The van der Waals surface area contributed by atoms with Crippen LogP contribution in [0.5, 0.6) is 0 Å². The van der Waals surface area contributed by atoms with Gasteiger partial charge in [0.05, 0.1) is 6.10 Å². The number of rotatable bonds is 1. The summed E-state index contributed by atoms with van der Waals surface area (Å²) in [6.45, 7) is 4.07. The average molecular weight is 202 g/mol. The number of aliphatic hydroxyl groups excluding tert-OH is 1. The molecule has 0 aromatic heterocycles. The molecule has 2 aliphatic carbocycles. The molecule has 0 bridgehead atoms. The van der Waals surface area contributed by atoms with E-state index in [1.54, 1.807) is 0 Å². The Labute approximate surface area is 91.5 Å². The summed E-state index contributed by atoms with van der Waals surface area (Å²) in [4.78, 5) is 0. The summed E-state index contributed by atoms with van der Waals surface area (Å²) in [5, 5.41) is 9.81. The molecule has 0 aromatic rings. The Balaban J connectivity index is 2.27. The lowest BCUT2D eigenvalue weighted by Gasteiger charge is -2.23. The van der Waals surface area contributed by atoms with Crippen molar-refractivity contribution >= 4 is 0 Å². The first-order valence-corrected chi connectivity index (χ1v) is 5.63. The van der Waals surface area contributed by atoms with E-state index in [0.717, 1.165) is 18.4 Å². The van der Waals surface area contributed by atoms with Crippen molar-refractivity contribution in [1.29, 1.82) is 0 Å². The largest absolute Gasteiger partial charge is 0.388 e. The van der Waals surface area contributed by atoms with Crippen molar-refractivity contribution in [2.45, 2.75) is 32.8 Å². The Morgan fingerprint density at radius 3 is 2.67 bits per heavy atom. The first-order valence-electron chi connectivity index (χ1n) is 5.63. The molecule has 0 aromatic carbocycles. The van der Waals surface area contributed by atoms with Crippen LogP contribution < -0.4 is 0 Å². The summed E-state index contributed by atoms with van der Waals surface area (Å²) in [7, 11) is 0. The third-order valence-corrected chi connectivity index (χ3v) is 3.12. The lowest BCUT2D eigenvalue weighted by atomic mass is 9.85. The van der Waals surface area contributed by atoms with Crippen LogP contribution in [0.3, 0.4) is 0 Å². The fourth-order valence-electron chi connectivity index (χ4n) is 2.17. The normalized spacial score (nSPS) is 30.7. The molecule has 1 heteroatoms. The lowest BCUT2D eigenvalue weighted by molar-refractivity contribution is 0.171. The Hall–Kier alpha value is -1.08. The number of hydrogen-bond donors (Lipinski definition) is 1. The van der Waals surface area contributed by atoms with E-state index in [0.29, 0.717) is 0 Å². The number of allylic oxidation sites excluding steroid dienone is 6. The van der Waals surface area contributed by atoms with Crippen LogP contribution in [0.2, 0.25) is 0 Å². The van der Waals surface area contributed by atoms with Crippen LogP contribution >= 0.6 is 0 Å². The molecule has 2 aliphatic rings. The molecule has 0 spiro atoms. The fraction of sp³-hybridized carbons (Fsp3) is 0.429. The van der Waals surface area contributed by atoms with Gasteiger partial charge in [-0.1, -0.05) is 37.3 Å². The van der Waals surface area contributed by atoms with Gasteiger partial charge in [0.15, 0.2) is 0 Å². The van der Waals surface area contributed by atoms with E-state index in [9.17, 15) is 5.11 Å². The summed E-state index contributed by atoms with van der Waals surface area (Å²) in [5.74, 6) is 0.223. The molecule has 2 atom stereocenters. The molecular weight excluding hydrogens is 184 g/mol. The maximum absolute atomic E-state index is 9.81. The molecule has 2 unspecified atom stereocenters. The summed E-state index contributed by atoms with van der Waals surface area (Å²) in [6, 6.07) is 0. The van der Waals surface area contributed by atoms with Crippen molar-refractivity contribution in [3.05, 3.63) is 47.1 Å². The van der Waals surface area contributed by atoms with Gasteiger partial charge in [-0.05, 0) is 36.5 Å². The van der Waals surface area contributed by atoms with Gasteiger partial charge < -0.3 is 5.11 Å². The minimum atomic E-state index is -0.304. The molecule has 80 valence electrons. The Morgan fingerprint density at radius 1 is 1.27 bits per heavy atom. The average Bonchev–Trinajstić information content (AvgIpc) is 2.26. The van der Waals surface area contributed by atoms with Crippen LogP contribution in [0.25, 0.3) is 0 Å². The SMILES string of the molecule is CC1=CC(C2=CCCC=C2)=CC(C)C1O. The van der Waals surface area contributed by atoms with Gasteiger partial charge in [0.1, 0.15) is 0 Å². The number of hydrogen-bond acceptors (Lipinski definition) is 1. The van der Waals surface area contributed by atoms with Crippen LogP contribution in [-0.2, 0) is 0 Å². The zero-order valence-corrected chi connectivity index (χ0v) is 9.40. The predicted molar refractivity (Wildman–Crippen MR) is 63.5 cm³/mol. The Kier molecular flexibility index (Phi) is 2.92. The highest BCUT2D eigenvalue weighted by molar-refractivity contribution is 5.50. The second-order valence-corrected chi connectivity index (χ2v) is 4.45. The summed E-state index contributed by atoms with van der Waals surface area (Å²) < 4.78 is 0. The monoisotopic (exact) mass is 202 g/mol. The van der Waals surface area contributed by atoms with Crippen molar-refractivity contribution in [1.82, 2.24) is 0 Å². The van der Waals surface area contributed by atoms with Crippen LogP contribution in [-0.4, -0.2) is 11.2 Å². The summed E-state index contributed by atoms with van der Waals surface area (Å²) in [5.41, 5.74) is 3.64. The van der Waals surface area contributed by atoms with E-state index in [2.05, 4.69) is 37.3 Å².